The number of nitrogens with zero attached hydrogens (tertiary/aromatic N) is 2. The van der Waals surface area contributed by atoms with Gasteiger partial charge >= 0.3 is 0 Å². The SMILES string of the molecule is Oc1c(-c2nc(C3CCCS3)no2)ccc2ccccc12. The molecule has 4 rings (SSSR count). The van der Waals surface area contributed by atoms with Gasteiger partial charge in [0.15, 0.2) is 5.82 Å². The van der Waals surface area contributed by atoms with Gasteiger partial charge in [-0.1, -0.05) is 35.5 Å². The van der Waals surface area contributed by atoms with Gasteiger partial charge in [0.25, 0.3) is 5.89 Å². The summed E-state index contributed by atoms with van der Waals surface area (Å²) in [5, 5.41) is 16.6. The summed E-state index contributed by atoms with van der Waals surface area (Å²) >= 11 is 1.86. The second-order valence-corrected chi connectivity index (χ2v) is 6.45. The molecule has 1 aliphatic heterocycles. The van der Waals surface area contributed by atoms with E-state index in [4.69, 9.17) is 4.52 Å². The number of phenols is 1. The molecule has 0 spiro atoms. The molecule has 0 saturated carbocycles. The highest BCUT2D eigenvalue weighted by molar-refractivity contribution is 7.99. The Kier molecular flexibility index (Phi) is 3.07. The molecule has 1 saturated heterocycles. The quantitative estimate of drug-likeness (QED) is 0.769. The van der Waals surface area contributed by atoms with Crippen molar-refractivity contribution in [2.24, 2.45) is 0 Å². The molecule has 1 unspecified atom stereocenters. The van der Waals surface area contributed by atoms with Gasteiger partial charge in [-0.3, -0.25) is 0 Å². The van der Waals surface area contributed by atoms with Crippen molar-refractivity contribution in [1.29, 1.82) is 0 Å². The van der Waals surface area contributed by atoms with E-state index >= 15 is 0 Å². The topological polar surface area (TPSA) is 59.2 Å². The molecule has 0 radical (unpaired) electrons. The van der Waals surface area contributed by atoms with Crippen LogP contribution in [0.2, 0.25) is 0 Å². The molecule has 2 heterocycles. The van der Waals surface area contributed by atoms with E-state index in [1.165, 1.54) is 6.42 Å². The number of thioether (sulfide) groups is 1. The molecule has 1 N–H and O–H groups in total. The van der Waals surface area contributed by atoms with Crippen molar-refractivity contribution in [3.63, 3.8) is 0 Å². The fraction of sp³-hybridized carbons (Fsp3) is 0.250. The first-order chi connectivity index (χ1) is 10.3. The molecule has 5 heteroatoms. The lowest BCUT2D eigenvalue weighted by atomic mass is 10.1. The molecular formula is C16H14N2O2S. The van der Waals surface area contributed by atoms with Crippen LogP contribution in [-0.2, 0) is 0 Å². The van der Waals surface area contributed by atoms with Crippen molar-refractivity contribution >= 4 is 22.5 Å². The zero-order chi connectivity index (χ0) is 14.2. The number of fused-ring (bicyclic) bond motifs is 1. The highest BCUT2D eigenvalue weighted by Crippen LogP contribution is 2.40. The molecule has 2 aromatic carbocycles. The first kappa shape index (κ1) is 12.7. The molecule has 0 aliphatic carbocycles. The maximum Gasteiger partial charge on any atom is 0.261 e. The van der Waals surface area contributed by atoms with Crippen molar-refractivity contribution in [1.82, 2.24) is 10.1 Å². The van der Waals surface area contributed by atoms with Gasteiger partial charge in [-0.2, -0.15) is 16.7 Å². The van der Waals surface area contributed by atoms with Crippen LogP contribution in [0.3, 0.4) is 0 Å². The zero-order valence-corrected chi connectivity index (χ0v) is 12.1. The summed E-state index contributed by atoms with van der Waals surface area (Å²) in [5.41, 5.74) is 0.593. The van der Waals surface area contributed by atoms with E-state index in [1.807, 2.05) is 48.2 Å². The third kappa shape index (κ3) is 2.17. The third-order valence-electron chi connectivity index (χ3n) is 3.79. The van der Waals surface area contributed by atoms with Crippen LogP contribution in [0, 0.1) is 0 Å². The van der Waals surface area contributed by atoms with E-state index in [9.17, 15) is 5.11 Å². The van der Waals surface area contributed by atoms with E-state index in [0.29, 0.717) is 16.7 Å². The normalized spacial score (nSPS) is 18.4. The Hall–Kier alpha value is -2.01. The van der Waals surface area contributed by atoms with Crippen molar-refractivity contribution in [3.8, 4) is 17.2 Å². The van der Waals surface area contributed by atoms with Gasteiger partial charge in [0.2, 0.25) is 0 Å². The van der Waals surface area contributed by atoms with Crippen LogP contribution in [0.5, 0.6) is 5.75 Å². The number of rotatable bonds is 2. The van der Waals surface area contributed by atoms with E-state index < -0.39 is 0 Å². The summed E-state index contributed by atoms with van der Waals surface area (Å²) in [7, 11) is 0. The highest BCUT2D eigenvalue weighted by atomic mass is 32.2. The molecule has 3 aromatic rings. The fourth-order valence-corrected chi connectivity index (χ4v) is 3.88. The molecule has 1 fully saturated rings. The maximum atomic E-state index is 10.4. The summed E-state index contributed by atoms with van der Waals surface area (Å²) in [5.74, 6) is 2.47. The van der Waals surface area contributed by atoms with Crippen molar-refractivity contribution in [2.75, 3.05) is 5.75 Å². The minimum Gasteiger partial charge on any atom is -0.506 e. The predicted molar refractivity (Wildman–Crippen MR) is 83.3 cm³/mol. The molecule has 1 atom stereocenters. The average Bonchev–Trinajstić information content (AvgIpc) is 3.19. The molecule has 0 amide bonds. The zero-order valence-electron chi connectivity index (χ0n) is 11.3. The molecule has 1 aliphatic rings. The number of aromatic nitrogens is 2. The lowest BCUT2D eigenvalue weighted by Gasteiger charge is -2.04. The number of benzene rings is 2. The van der Waals surface area contributed by atoms with Crippen molar-refractivity contribution < 1.29 is 9.63 Å². The maximum absolute atomic E-state index is 10.4. The number of phenolic OH excluding ortho intramolecular Hbond substituents is 1. The van der Waals surface area contributed by atoms with Crippen molar-refractivity contribution in [2.45, 2.75) is 18.1 Å². The van der Waals surface area contributed by atoms with Gasteiger partial charge in [-0.25, -0.2) is 0 Å². The van der Waals surface area contributed by atoms with Crippen LogP contribution in [-0.4, -0.2) is 21.0 Å². The minimum atomic E-state index is 0.197. The Morgan fingerprint density at radius 2 is 2.10 bits per heavy atom. The lowest BCUT2D eigenvalue weighted by molar-refractivity contribution is 0.417. The number of hydrogen-bond acceptors (Lipinski definition) is 5. The molecular weight excluding hydrogens is 284 g/mol. The lowest BCUT2D eigenvalue weighted by Crippen LogP contribution is -1.91. The van der Waals surface area contributed by atoms with Gasteiger partial charge in [-0.05, 0) is 30.0 Å². The molecule has 1 aromatic heterocycles. The Morgan fingerprint density at radius 1 is 1.19 bits per heavy atom. The minimum absolute atomic E-state index is 0.197. The second kappa shape index (κ2) is 5.07. The van der Waals surface area contributed by atoms with Crippen LogP contribution in [0.15, 0.2) is 40.9 Å². The Labute approximate surface area is 126 Å². The highest BCUT2D eigenvalue weighted by Gasteiger charge is 2.24. The third-order valence-corrected chi connectivity index (χ3v) is 5.16. The number of hydrogen-bond donors (Lipinski definition) is 1. The van der Waals surface area contributed by atoms with Gasteiger partial charge in [0, 0.05) is 5.39 Å². The number of aromatic hydroxyl groups is 1. The average molecular weight is 298 g/mol. The predicted octanol–water partition coefficient (Wildman–Crippen LogP) is 4.16. The van der Waals surface area contributed by atoms with E-state index in [0.717, 1.165) is 28.8 Å². The van der Waals surface area contributed by atoms with E-state index in [-0.39, 0.29) is 5.75 Å². The fourth-order valence-electron chi connectivity index (χ4n) is 2.68. The molecule has 21 heavy (non-hydrogen) atoms. The summed E-state index contributed by atoms with van der Waals surface area (Å²) in [6.45, 7) is 0. The van der Waals surface area contributed by atoms with E-state index in [1.54, 1.807) is 0 Å². The summed E-state index contributed by atoms with van der Waals surface area (Å²) < 4.78 is 5.36. The molecule has 106 valence electrons. The first-order valence-corrected chi connectivity index (χ1v) is 8.04. The van der Waals surface area contributed by atoms with Crippen LogP contribution >= 0.6 is 11.8 Å². The summed E-state index contributed by atoms with van der Waals surface area (Å²) in [6, 6.07) is 11.5. The first-order valence-electron chi connectivity index (χ1n) is 6.99. The van der Waals surface area contributed by atoms with Crippen LogP contribution < -0.4 is 0 Å². The Balaban J connectivity index is 1.77. The largest absolute Gasteiger partial charge is 0.506 e. The van der Waals surface area contributed by atoms with Crippen LogP contribution in [0.25, 0.3) is 22.2 Å². The summed E-state index contributed by atoms with van der Waals surface area (Å²) in [4.78, 5) is 4.47. The van der Waals surface area contributed by atoms with Crippen molar-refractivity contribution in [3.05, 3.63) is 42.2 Å². The monoisotopic (exact) mass is 298 g/mol. The Bertz CT molecular complexity index is 794. The van der Waals surface area contributed by atoms with Crippen LogP contribution in [0.1, 0.15) is 23.9 Å². The van der Waals surface area contributed by atoms with Crippen LogP contribution in [0.4, 0.5) is 0 Å². The summed E-state index contributed by atoms with van der Waals surface area (Å²) in [6.07, 6.45) is 2.29. The van der Waals surface area contributed by atoms with Gasteiger partial charge in [0.1, 0.15) is 5.75 Å². The molecule has 0 bridgehead atoms. The standard InChI is InChI=1S/C16H14N2O2S/c19-14-11-5-2-1-4-10(11)7-8-12(14)16-17-15(18-20-16)13-6-3-9-21-13/h1-2,4-5,7-8,13,19H,3,6,9H2. The van der Waals surface area contributed by atoms with Gasteiger partial charge < -0.3 is 9.63 Å². The van der Waals surface area contributed by atoms with Gasteiger partial charge in [-0.15, -0.1) is 0 Å². The van der Waals surface area contributed by atoms with Gasteiger partial charge in [0.05, 0.1) is 10.8 Å². The second-order valence-electron chi connectivity index (χ2n) is 5.14. The smallest absolute Gasteiger partial charge is 0.261 e. The Morgan fingerprint density at radius 3 is 2.95 bits per heavy atom. The molecule has 4 nitrogen and oxygen atoms in total. The van der Waals surface area contributed by atoms with E-state index in [2.05, 4.69) is 10.1 Å².